The summed E-state index contributed by atoms with van der Waals surface area (Å²) >= 11 is 0. The Morgan fingerprint density at radius 2 is 2.14 bits per heavy atom. The van der Waals surface area contributed by atoms with Crippen LogP contribution < -0.4 is 0 Å². The van der Waals surface area contributed by atoms with Crippen LogP contribution in [0.2, 0.25) is 0 Å². The molecule has 21 heavy (non-hydrogen) atoms. The van der Waals surface area contributed by atoms with E-state index in [1.165, 1.54) is 19.3 Å². The summed E-state index contributed by atoms with van der Waals surface area (Å²) < 4.78 is 5.88. The van der Waals surface area contributed by atoms with Crippen molar-refractivity contribution in [2.24, 2.45) is 0 Å². The van der Waals surface area contributed by atoms with E-state index >= 15 is 0 Å². The second kappa shape index (κ2) is 5.88. The molecule has 112 valence electrons. The van der Waals surface area contributed by atoms with E-state index in [0.29, 0.717) is 12.3 Å². The van der Waals surface area contributed by atoms with Crippen molar-refractivity contribution in [3.8, 4) is 0 Å². The van der Waals surface area contributed by atoms with Gasteiger partial charge in [0.05, 0.1) is 5.92 Å². The summed E-state index contributed by atoms with van der Waals surface area (Å²) in [6.45, 7) is 1.89. The van der Waals surface area contributed by atoms with Crippen LogP contribution >= 0.6 is 0 Å². The number of rotatable bonds is 4. The van der Waals surface area contributed by atoms with Crippen molar-refractivity contribution in [2.75, 3.05) is 0 Å². The van der Waals surface area contributed by atoms with E-state index in [0.717, 1.165) is 35.4 Å². The molecule has 0 bridgehead atoms. The minimum atomic E-state index is -0.784. The molecule has 0 aliphatic heterocycles. The number of oxazole rings is 1. The average molecular weight is 287 g/mol. The lowest BCUT2D eigenvalue weighted by atomic mass is 9.89. The predicted molar refractivity (Wildman–Crippen MR) is 80.5 cm³/mol. The van der Waals surface area contributed by atoms with Crippen molar-refractivity contribution in [2.45, 2.75) is 57.3 Å². The minimum absolute atomic E-state index is 0.427. The molecule has 4 heteroatoms. The number of carboxylic acids is 1. The zero-order valence-corrected chi connectivity index (χ0v) is 12.3. The lowest BCUT2D eigenvalue weighted by molar-refractivity contribution is -0.138. The summed E-state index contributed by atoms with van der Waals surface area (Å²) in [6.07, 6.45) is 6.65. The van der Waals surface area contributed by atoms with E-state index in [2.05, 4.69) is 4.98 Å². The number of carboxylic acid groups (broad SMARTS) is 1. The summed E-state index contributed by atoms with van der Waals surface area (Å²) in [5.41, 5.74) is 2.35. The Hall–Kier alpha value is -1.84. The van der Waals surface area contributed by atoms with Gasteiger partial charge in [0.1, 0.15) is 5.52 Å². The number of hydrogen-bond donors (Lipinski definition) is 1. The van der Waals surface area contributed by atoms with Gasteiger partial charge in [-0.3, -0.25) is 4.79 Å². The number of benzene rings is 1. The highest BCUT2D eigenvalue weighted by atomic mass is 16.4. The molecule has 0 radical (unpaired) electrons. The molecule has 2 aromatic rings. The largest absolute Gasteiger partial charge is 0.481 e. The first-order valence-electron chi connectivity index (χ1n) is 7.82. The van der Waals surface area contributed by atoms with Crippen LogP contribution in [-0.2, 0) is 4.79 Å². The van der Waals surface area contributed by atoms with Crippen molar-refractivity contribution in [1.29, 1.82) is 0 Å². The van der Waals surface area contributed by atoms with E-state index in [4.69, 9.17) is 4.42 Å². The first-order valence-corrected chi connectivity index (χ1v) is 7.82. The summed E-state index contributed by atoms with van der Waals surface area (Å²) in [5, 5.41) is 9.26. The van der Waals surface area contributed by atoms with Gasteiger partial charge in [-0.05, 0) is 37.0 Å². The molecule has 1 atom stereocenters. The third-order valence-corrected chi connectivity index (χ3v) is 4.49. The fraction of sp³-hybridized carbons (Fsp3) is 0.529. The summed E-state index contributed by atoms with van der Waals surface area (Å²) in [6, 6.07) is 5.57. The van der Waals surface area contributed by atoms with E-state index in [9.17, 15) is 9.90 Å². The van der Waals surface area contributed by atoms with Crippen molar-refractivity contribution in [1.82, 2.24) is 4.98 Å². The van der Waals surface area contributed by atoms with Crippen molar-refractivity contribution in [3.63, 3.8) is 0 Å². The molecule has 1 aliphatic carbocycles. The fourth-order valence-electron chi connectivity index (χ4n) is 3.26. The summed E-state index contributed by atoms with van der Waals surface area (Å²) in [5.74, 6) is -0.00153. The lowest BCUT2D eigenvalue weighted by Crippen LogP contribution is -2.10. The van der Waals surface area contributed by atoms with Crippen LogP contribution in [0.15, 0.2) is 22.6 Å². The molecule has 0 amide bonds. The molecule has 0 saturated heterocycles. The second-order valence-electron chi connectivity index (χ2n) is 5.91. The molecule has 0 spiro atoms. The quantitative estimate of drug-likeness (QED) is 0.902. The number of hydrogen-bond acceptors (Lipinski definition) is 3. The third kappa shape index (κ3) is 2.80. The topological polar surface area (TPSA) is 63.3 Å². The second-order valence-corrected chi connectivity index (χ2v) is 5.91. The molecular formula is C17H21NO3. The molecule has 1 fully saturated rings. The van der Waals surface area contributed by atoms with Crippen LogP contribution in [0.4, 0.5) is 0 Å². The Balaban J connectivity index is 1.92. The Morgan fingerprint density at radius 1 is 1.38 bits per heavy atom. The number of carbonyl (C=O) groups is 1. The average Bonchev–Trinajstić information content (AvgIpc) is 2.92. The maximum atomic E-state index is 11.3. The third-order valence-electron chi connectivity index (χ3n) is 4.49. The number of aromatic nitrogens is 1. The van der Waals surface area contributed by atoms with Gasteiger partial charge in [0, 0.05) is 5.92 Å². The smallest absolute Gasteiger partial charge is 0.310 e. The Morgan fingerprint density at radius 3 is 2.81 bits per heavy atom. The van der Waals surface area contributed by atoms with Gasteiger partial charge in [0.2, 0.25) is 0 Å². The first kappa shape index (κ1) is 14.1. The maximum Gasteiger partial charge on any atom is 0.310 e. The molecule has 1 aliphatic rings. The van der Waals surface area contributed by atoms with Crippen molar-refractivity contribution >= 4 is 17.1 Å². The molecule has 3 rings (SSSR count). The van der Waals surface area contributed by atoms with Gasteiger partial charge >= 0.3 is 5.97 Å². The van der Waals surface area contributed by atoms with Crippen LogP contribution in [0.3, 0.4) is 0 Å². The van der Waals surface area contributed by atoms with Crippen LogP contribution in [0.1, 0.15) is 68.7 Å². The van der Waals surface area contributed by atoms with Crippen LogP contribution in [0, 0.1) is 0 Å². The van der Waals surface area contributed by atoms with Crippen LogP contribution in [-0.4, -0.2) is 16.1 Å². The Bertz CT molecular complexity index is 641. The molecular weight excluding hydrogens is 266 g/mol. The molecule has 1 unspecified atom stereocenters. The normalized spacial score (nSPS) is 18.0. The summed E-state index contributed by atoms with van der Waals surface area (Å²) in [7, 11) is 0. The van der Waals surface area contributed by atoms with Crippen LogP contribution in [0.5, 0.6) is 0 Å². The fourth-order valence-corrected chi connectivity index (χ4v) is 3.26. The Labute approximate surface area is 124 Å². The molecule has 1 aromatic carbocycles. The van der Waals surface area contributed by atoms with E-state index in [-0.39, 0.29) is 0 Å². The highest BCUT2D eigenvalue weighted by molar-refractivity contribution is 5.80. The van der Waals surface area contributed by atoms with E-state index < -0.39 is 11.9 Å². The zero-order chi connectivity index (χ0) is 14.8. The summed E-state index contributed by atoms with van der Waals surface area (Å²) in [4.78, 5) is 15.9. The highest BCUT2D eigenvalue weighted by Crippen LogP contribution is 2.34. The number of fused-ring (bicyclic) bond motifs is 1. The highest BCUT2D eigenvalue weighted by Gasteiger charge is 2.22. The van der Waals surface area contributed by atoms with Gasteiger partial charge in [-0.15, -0.1) is 0 Å². The number of nitrogens with zero attached hydrogens (tertiary/aromatic N) is 1. The van der Waals surface area contributed by atoms with Gasteiger partial charge in [0.15, 0.2) is 11.5 Å². The van der Waals surface area contributed by atoms with Gasteiger partial charge in [0.25, 0.3) is 0 Å². The lowest BCUT2D eigenvalue weighted by Gasteiger charge is -2.17. The van der Waals surface area contributed by atoms with Crippen molar-refractivity contribution < 1.29 is 14.3 Å². The monoisotopic (exact) mass is 287 g/mol. The van der Waals surface area contributed by atoms with Gasteiger partial charge in [-0.2, -0.15) is 0 Å². The number of aliphatic carboxylic acids is 1. The van der Waals surface area contributed by atoms with Crippen LogP contribution in [0.25, 0.3) is 11.1 Å². The van der Waals surface area contributed by atoms with E-state index in [1.54, 1.807) is 0 Å². The Kier molecular flexibility index (Phi) is 3.95. The molecule has 4 nitrogen and oxygen atoms in total. The minimum Gasteiger partial charge on any atom is -0.481 e. The first-order chi connectivity index (χ1) is 10.2. The molecule has 1 aromatic heterocycles. The molecule has 1 heterocycles. The SMILES string of the molecule is CCC(C(=O)O)c1ccc2oc(C3CCCCC3)nc2c1. The zero-order valence-electron chi connectivity index (χ0n) is 12.3. The van der Waals surface area contributed by atoms with Gasteiger partial charge in [-0.25, -0.2) is 4.98 Å². The molecule has 1 saturated carbocycles. The van der Waals surface area contributed by atoms with Gasteiger partial charge < -0.3 is 9.52 Å². The maximum absolute atomic E-state index is 11.3. The van der Waals surface area contributed by atoms with E-state index in [1.807, 2.05) is 25.1 Å². The standard InChI is InChI=1S/C17H21NO3/c1-2-13(17(19)20)12-8-9-15-14(10-12)18-16(21-15)11-6-4-3-5-7-11/h8-11,13H,2-7H2,1H3,(H,19,20). The van der Waals surface area contributed by atoms with Crippen molar-refractivity contribution in [3.05, 3.63) is 29.7 Å². The molecule has 1 N–H and O–H groups in total. The van der Waals surface area contributed by atoms with Gasteiger partial charge in [-0.1, -0.05) is 32.3 Å². The predicted octanol–water partition coefficient (Wildman–Crippen LogP) is 4.45.